The van der Waals surface area contributed by atoms with E-state index in [1.165, 1.54) is 0 Å². The number of aliphatic hydroxyl groups excluding tert-OH is 1. The Labute approximate surface area is 70.8 Å². The number of hydrogen-bond donors (Lipinski definition) is 1. The first-order chi connectivity index (χ1) is 5.70. The first-order valence-electron chi connectivity index (χ1n) is 3.59. The number of hydrogen-bond acceptors (Lipinski definition) is 4. The molecule has 0 aliphatic carbocycles. The van der Waals surface area contributed by atoms with E-state index in [0.29, 0.717) is 0 Å². The molecule has 1 saturated heterocycles. The summed E-state index contributed by atoms with van der Waals surface area (Å²) in [6.07, 6.45) is -0.448. The van der Waals surface area contributed by atoms with Crippen molar-refractivity contribution in [3.63, 3.8) is 0 Å². The van der Waals surface area contributed by atoms with Crippen LogP contribution >= 0.6 is 0 Å². The smallest absolute Gasteiger partial charge is 0.238 e. The van der Waals surface area contributed by atoms with Crippen LogP contribution in [0.5, 0.6) is 0 Å². The number of ether oxygens (including phenoxy) is 1. The molecule has 1 aliphatic heterocycles. The highest BCUT2D eigenvalue weighted by molar-refractivity contribution is 4.68. The molecule has 1 rings (SSSR count). The summed E-state index contributed by atoms with van der Waals surface area (Å²) in [4.78, 5) is 9.70. The van der Waals surface area contributed by atoms with Gasteiger partial charge in [-0.15, -0.1) is 13.2 Å². The van der Waals surface area contributed by atoms with Crippen LogP contribution in [0.2, 0.25) is 0 Å². The Morgan fingerprint density at radius 2 is 2.08 bits per heavy atom. The zero-order valence-corrected chi connectivity index (χ0v) is 6.81. The molecule has 1 aliphatic rings. The maximum absolute atomic E-state index is 10.1. The lowest BCUT2D eigenvalue weighted by molar-refractivity contribution is -0.533. The van der Waals surface area contributed by atoms with Crippen LogP contribution < -0.4 is 0 Å². The van der Waals surface area contributed by atoms with Crippen LogP contribution in [0.15, 0.2) is 13.2 Å². The molecule has 0 spiro atoms. The van der Waals surface area contributed by atoms with Gasteiger partial charge in [0.15, 0.2) is 0 Å². The Hall–Kier alpha value is -0.940. The van der Waals surface area contributed by atoms with Crippen LogP contribution in [0.4, 0.5) is 0 Å². The fraction of sp³-hybridized carbons (Fsp3) is 0.714. The summed E-state index contributed by atoms with van der Waals surface area (Å²) in [6, 6.07) is -0.719. The van der Waals surface area contributed by atoms with Crippen molar-refractivity contribution < 1.29 is 14.8 Å². The minimum absolute atomic E-state index is 0.129. The van der Waals surface area contributed by atoms with Crippen molar-refractivity contribution in [2.24, 2.45) is 0 Å². The number of nitrogens with zero attached hydrogens (tertiary/aromatic N) is 1. The Morgan fingerprint density at radius 3 is 2.42 bits per heavy atom. The molecule has 0 bridgehead atoms. The molecule has 0 saturated carbocycles. The van der Waals surface area contributed by atoms with E-state index in [1.54, 1.807) is 0 Å². The molecule has 0 radical (unpaired) electrons. The van der Waals surface area contributed by atoms with Crippen molar-refractivity contribution in [3.8, 4) is 0 Å². The third kappa shape index (κ3) is 3.45. The lowest BCUT2D eigenvalue weighted by Crippen LogP contribution is -2.37. The molecular formula is C7H13NO4. The summed E-state index contributed by atoms with van der Waals surface area (Å²) in [5.74, 6) is 0. The van der Waals surface area contributed by atoms with Gasteiger partial charge in [-0.3, -0.25) is 10.1 Å². The summed E-state index contributed by atoms with van der Waals surface area (Å²) in [5.41, 5.74) is 0. The number of aliphatic hydroxyl groups is 1. The largest absolute Gasteiger partial charge is 0.390 e. The average Bonchev–Trinajstić information content (AvgIpc) is 2.08. The van der Waals surface area contributed by atoms with E-state index < -0.39 is 17.1 Å². The second kappa shape index (κ2) is 5.68. The first-order valence-corrected chi connectivity index (χ1v) is 3.59. The predicted molar refractivity (Wildman–Crippen MR) is 43.5 cm³/mol. The molecule has 2 atom stereocenters. The van der Waals surface area contributed by atoms with Crippen molar-refractivity contribution in [2.45, 2.75) is 18.6 Å². The Balaban J connectivity index is 0.000000561. The number of nitro groups is 1. The SMILES string of the molecule is C=C.O=[N+]([O-])C1COCC(O)C1. The van der Waals surface area contributed by atoms with Crippen LogP contribution in [0.25, 0.3) is 0 Å². The van der Waals surface area contributed by atoms with Crippen molar-refractivity contribution in [1.82, 2.24) is 0 Å². The molecule has 70 valence electrons. The highest BCUT2D eigenvalue weighted by Gasteiger charge is 2.28. The molecule has 1 fully saturated rings. The van der Waals surface area contributed by atoms with Gasteiger partial charge in [-0.25, -0.2) is 0 Å². The Kier molecular flexibility index (Phi) is 5.23. The van der Waals surface area contributed by atoms with Crippen molar-refractivity contribution in [2.75, 3.05) is 13.2 Å². The monoisotopic (exact) mass is 175 g/mol. The summed E-state index contributed by atoms with van der Waals surface area (Å²) < 4.78 is 4.76. The van der Waals surface area contributed by atoms with Gasteiger partial charge in [0.1, 0.15) is 6.61 Å². The average molecular weight is 175 g/mol. The van der Waals surface area contributed by atoms with Crippen LogP contribution in [-0.2, 0) is 4.74 Å². The summed E-state index contributed by atoms with van der Waals surface area (Å²) in [7, 11) is 0. The van der Waals surface area contributed by atoms with E-state index in [-0.39, 0.29) is 19.6 Å². The molecule has 1 heterocycles. The van der Waals surface area contributed by atoms with Crippen LogP contribution in [0.1, 0.15) is 6.42 Å². The van der Waals surface area contributed by atoms with Gasteiger partial charge in [0.25, 0.3) is 0 Å². The third-order valence-electron chi connectivity index (χ3n) is 1.46. The maximum atomic E-state index is 10.1. The topological polar surface area (TPSA) is 72.6 Å². The fourth-order valence-electron chi connectivity index (χ4n) is 0.937. The second-order valence-corrected chi connectivity index (χ2v) is 2.37. The lowest BCUT2D eigenvalue weighted by atomic mass is 10.1. The number of rotatable bonds is 1. The van der Waals surface area contributed by atoms with Crippen LogP contribution in [-0.4, -0.2) is 35.4 Å². The van der Waals surface area contributed by atoms with E-state index in [2.05, 4.69) is 13.2 Å². The molecule has 12 heavy (non-hydrogen) atoms. The van der Waals surface area contributed by atoms with Gasteiger partial charge in [0.2, 0.25) is 6.04 Å². The summed E-state index contributed by atoms with van der Waals surface area (Å²) in [6.45, 7) is 6.36. The highest BCUT2D eigenvalue weighted by Crippen LogP contribution is 2.09. The summed E-state index contributed by atoms with van der Waals surface area (Å²) in [5, 5.41) is 19.0. The Morgan fingerprint density at radius 1 is 1.50 bits per heavy atom. The summed E-state index contributed by atoms with van der Waals surface area (Å²) >= 11 is 0. The normalized spacial score (nSPS) is 28.4. The first kappa shape index (κ1) is 11.1. The molecule has 0 amide bonds. The molecule has 1 N–H and O–H groups in total. The zero-order chi connectivity index (χ0) is 9.56. The van der Waals surface area contributed by atoms with Crippen molar-refractivity contribution >= 4 is 0 Å². The van der Waals surface area contributed by atoms with Crippen LogP contribution in [0, 0.1) is 10.1 Å². The van der Waals surface area contributed by atoms with Gasteiger partial charge in [-0.05, 0) is 0 Å². The van der Waals surface area contributed by atoms with E-state index in [1.807, 2.05) is 0 Å². The molecule has 0 aromatic rings. The minimum atomic E-state index is -0.719. The molecule has 0 aromatic heterocycles. The van der Waals surface area contributed by atoms with E-state index >= 15 is 0 Å². The fourth-order valence-corrected chi connectivity index (χ4v) is 0.937. The van der Waals surface area contributed by atoms with E-state index in [9.17, 15) is 10.1 Å². The van der Waals surface area contributed by atoms with Crippen molar-refractivity contribution in [1.29, 1.82) is 0 Å². The molecule has 5 heteroatoms. The van der Waals surface area contributed by atoms with Crippen molar-refractivity contribution in [3.05, 3.63) is 23.3 Å². The zero-order valence-electron chi connectivity index (χ0n) is 6.81. The molecule has 5 nitrogen and oxygen atoms in total. The van der Waals surface area contributed by atoms with Crippen LogP contribution in [0.3, 0.4) is 0 Å². The quantitative estimate of drug-likeness (QED) is 0.351. The maximum Gasteiger partial charge on any atom is 0.238 e. The highest BCUT2D eigenvalue weighted by atomic mass is 16.6. The lowest BCUT2D eigenvalue weighted by Gasteiger charge is -2.19. The Bertz CT molecular complexity index is 150. The molecular weight excluding hydrogens is 162 g/mol. The van der Waals surface area contributed by atoms with E-state index in [4.69, 9.17) is 9.84 Å². The van der Waals surface area contributed by atoms with Gasteiger partial charge < -0.3 is 9.84 Å². The molecule has 2 unspecified atom stereocenters. The standard InChI is InChI=1S/C5H9NO4.C2H4/c7-5-1-4(6(8)9)2-10-3-5;1-2/h4-5,7H,1-3H2;1-2H2. The van der Waals surface area contributed by atoms with Gasteiger partial charge >= 0.3 is 0 Å². The van der Waals surface area contributed by atoms with Gasteiger partial charge in [0, 0.05) is 11.3 Å². The van der Waals surface area contributed by atoms with Gasteiger partial charge in [-0.2, -0.15) is 0 Å². The predicted octanol–water partition coefficient (Wildman–Crippen LogP) is 0.215. The third-order valence-corrected chi connectivity index (χ3v) is 1.46. The molecule has 0 aromatic carbocycles. The van der Waals surface area contributed by atoms with Gasteiger partial charge in [0.05, 0.1) is 12.7 Å². The minimum Gasteiger partial charge on any atom is -0.390 e. The second-order valence-electron chi connectivity index (χ2n) is 2.37. The van der Waals surface area contributed by atoms with E-state index in [0.717, 1.165) is 0 Å². The van der Waals surface area contributed by atoms with Gasteiger partial charge in [-0.1, -0.05) is 0 Å².